The number of likely N-dealkylation sites (tertiary alicyclic amines) is 2. The first kappa shape index (κ1) is 56.2. The molecule has 76 heavy (non-hydrogen) atoms. The molecule has 3 amide bonds. The lowest BCUT2D eigenvalue weighted by Gasteiger charge is -2.38. The predicted molar refractivity (Wildman–Crippen MR) is 286 cm³/mol. The van der Waals surface area contributed by atoms with Gasteiger partial charge in [0, 0.05) is 65.5 Å². The number of methoxy groups -OCH3 is 5. The summed E-state index contributed by atoms with van der Waals surface area (Å²) < 4.78 is 59.4. The molecule has 3 aromatic carbocycles. The number of carbonyl (C=O) groups excluding carboxylic acids is 5. The first-order valence-corrected chi connectivity index (χ1v) is 30.0. The number of H-pyrrole nitrogens is 1. The summed E-state index contributed by atoms with van der Waals surface area (Å²) in [5.41, 5.74) is 4.39. The third-order valence-electron chi connectivity index (χ3n) is 16.5. The van der Waals surface area contributed by atoms with Gasteiger partial charge in [-0.3, -0.25) is 19.2 Å². The highest BCUT2D eigenvalue weighted by atomic mass is 28.3. The molecule has 4 aromatic rings. The van der Waals surface area contributed by atoms with E-state index < -0.39 is 68.0 Å². The van der Waals surface area contributed by atoms with Crippen molar-refractivity contribution in [3.63, 3.8) is 0 Å². The van der Waals surface area contributed by atoms with Crippen molar-refractivity contribution < 1.29 is 56.4 Å². The Balaban J connectivity index is 1.08. The molecule has 0 unspecified atom stereocenters. The Hall–Kier alpha value is -5.96. The number of rotatable bonds is 19. The van der Waals surface area contributed by atoms with Gasteiger partial charge in [0.05, 0.1) is 88.6 Å². The number of ketones is 1. The second-order valence-electron chi connectivity index (χ2n) is 21.8. The summed E-state index contributed by atoms with van der Waals surface area (Å²) in [5, 5.41) is 2.65. The standard InChI is InChI=1S/C56H75F2N7O10Si/c1-33(72-4)40(30-50(67)74-6)54(68)63-20-10-11-47(63)49(66)26-35-12-14-37(15-13-35)45-18-19-46(65(45)39-28-41(57)52(42(58)29-39)62-21-23-76(8,9)24-22-62)38-16-17-43-44(27-38)60-53(59-43)48-25-36(32-71-3)31-64(48)55(69)51(34(2)73-5)61-56(70)75-7/h12-17,27-29,33-34,36,40,45-48,51H,10-11,18-26,30-32H2,1-9H3,(H,59,60)(H,61,70)/t33-,34-,36+,40+,45-,46-,47+,48+,51+/m1/s1. The molecule has 4 saturated heterocycles. The van der Waals surface area contributed by atoms with E-state index in [2.05, 4.69) is 28.3 Å². The van der Waals surface area contributed by atoms with Crippen molar-refractivity contribution in [1.29, 1.82) is 0 Å². The third-order valence-corrected chi connectivity index (χ3v) is 19.7. The van der Waals surface area contributed by atoms with Gasteiger partial charge in [-0.15, -0.1) is 0 Å². The highest BCUT2D eigenvalue weighted by Crippen LogP contribution is 2.49. The number of halogens is 2. The van der Waals surface area contributed by atoms with Crippen molar-refractivity contribution in [2.75, 3.05) is 78.1 Å². The third kappa shape index (κ3) is 12.1. The number of hydrogen-bond donors (Lipinski definition) is 2. The quantitative estimate of drug-likeness (QED) is 0.0680. The van der Waals surface area contributed by atoms with Crippen molar-refractivity contribution in [3.8, 4) is 0 Å². The molecule has 5 heterocycles. The van der Waals surface area contributed by atoms with Crippen LogP contribution in [0.25, 0.3) is 11.0 Å². The fourth-order valence-electron chi connectivity index (χ4n) is 11.9. The number of esters is 1. The number of imidazole rings is 1. The van der Waals surface area contributed by atoms with E-state index in [0.29, 0.717) is 81.9 Å². The van der Waals surface area contributed by atoms with Crippen LogP contribution in [0.4, 0.5) is 25.0 Å². The molecule has 20 heteroatoms. The van der Waals surface area contributed by atoms with E-state index in [1.54, 1.807) is 30.8 Å². The van der Waals surface area contributed by atoms with Gasteiger partial charge >= 0.3 is 12.1 Å². The summed E-state index contributed by atoms with van der Waals surface area (Å²) in [7, 11) is 5.65. The lowest BCUT2D eigenvalue weighted by atomic mass is 9.95. The van der Waals surface area contributed by atoms with Crippen molar-refractivity contribution in [2.24, 2.45) is 11.8 Å². The minimum absolute atomic E-state index is 0.00644. The normalized spacial score (nSPS) is 23.1. The summed E-state index contributed by atoms with van der Waals surface area (Å²) in [4.78, 5) is 82.6. The molecule has 1 aromatic heterocycles. The average molecular weight is 1070 g/mol. The number of Topliss-reactive ketones (excluding diaryl/α,β-unsaturated/α-hetero) is 1. The molecule has 0 radical (unpaired) electrons. The molecule has 9 atom stereocenters. The molecular formula is C56H75F2N7O10Si. The van der Waals surface area contributed by atoms with Gasteiger partial charge in [-0.05, 0) is 99.0 Å². The van der Waals surface area contributed by atoms with Crippen LogP contribution < -0.4 is 15.1 Å². The van der Waals surface area contributed by atoms with Crippen LogP contribution in [0.2, 0.25) is 25.2 Å². The van der Waals surface area contributed by atoms with E-state index in [4.69, 9.17) is 28.7 Å². The van der Waals surface area contributed by atoms with E-state index in [1.165, 1.54) is 40.6 Å². The number of hydrogen-bond acceptors (Lipinski definition) is 13. The first-order valence-electron chi connectivity index (χ1n) is 26.6. The molecule has 0 spiro atoms. The smallest absolute Gasteiger partial charge is 0.407 e. The SMILES string of the molecule is COC[C@H]1C[C@@H](c2nc3ccc([C@H]4CC[C@H](c5ccc(CC(=O)[C@@H]6CCCN6C(=O)[C@@H](CC(=O)OC)[C@@H](C)OC)cc5)N4c4cc(F)c(N5CC[Si](C)(C)CC5)c(F)c4)cc3[nH]2)N(C(=O)[C@@H](NC(=O)OC)[C@@H](C)OC)C1. The molecule has 4 aliphatic heterocycles. The fraction of sp³-hybridized carbons (Fsp3) is 0.571. The molecule has 0 bridgehead atoms. The zero-order valence-corrected chi connectivity index (χ0v) is 46.4. The number of fused-ring (bicyclic) bond motifs is 1. The van der Waals surface area contributed by atoms with E-state index >= 15 is 8.78 Å². The van der Waals surface area contributed by atoms with Crippen LogP contribution in [0.3, 0.4) is 0 Å². The van der Waals surface area contributed by atoms with E-state index in [1.807, 2.05) is 47.4 Å². The molecule has 4 fully saturated rings. The lowest BCUT2D eigenvalue weighted by molar-refractivity contribution is -0.151. The Kier molecular flexibility index (Phi) is 17.9. The maximum Gasteiger partial charge on any atom is 0.407 e. The molecule has 4 aliphatic rings. The largest absolute Gasteiger partial charge is 0.469 e. The summed E-state index contributed by atoms with van der Waals surface area (Å²) >= 11 is 0. The summed E-state index contributed by atoms with van der Waals surface area (Å²) in [5.74, 6) is -2.74. The Bertz CT molecular complexity index is 2710. The van der Waals surface area contributed by atoms with Gasteiger partial charge < -0.3 is 53.6 Å². The highest BCUT2D eigenvalue weighted by Gasteiger charge is 2.44. The maximum absolute atomic E-state index is 16.6. The Morgan fingerprint density at radius 2 is 1.45 bits per heavy atom. The maximum atomic E-state index is 16.6. The Labute approximate surface area is 445 Å². The fourth-order valence-corrected chi connectivity index (χ4v) is 13.9. The molecule has 0 saturated carbocycles. The zero-order valence-electron chi connectivity index (χ0n) is 45.4. The number of benzene rings is 3. The number of anilines is 2. The van der Waals surface area contributed by atoms with E-state index in [9.17, 15) is 24.0 Å². The summed E-state index contributed by atoms with van der Waals surface area (Å²) in [6, 6.07) is 15.8. The van der Waals surface area contributed by atoms with Gasteiger partial charge in [0.2, 0.25) is 11.8 Å². The molecule has 8 rings (SSSR count). The van der Waals surface area contributed by atoms with Crippen LogP contribution in [0.5, 0.6) is 0 Å². The van der Waals surface area contributed by atoms with Gasteiger partial charge in [0.15, 0.2) is 17.4 Å². The van der Waals surface area contributed by atoms with Crippen LogP contribution >= 0.6 is 0 Å². The van der Waals surface area contributed by atoms with Crippen LogP contribution in [0, 0.1) is 23.5 Å². The highest BCUT2D eigenvalue weighted by molar-refractivity contribution is 6.77. The number of aromatic nitrogens is 2. The number of carbonyl (C=O) groups is 5. The zero-order chi connectivity index (χ0) is 54.6. The van der Waals surface area contributed by atoms with Gasteiger partial charge in [0.25, 0.3) is 0 Å². The van der Waals surface area contributed by atoms with Crippen LogP contribution in [0.1, 0.15) is 93.0 Å². The van der Waals surface area contributed by atoms with Crippen LogP contribution in [-0.2, 0) is 49.3 Å². The second kappa shape index (κ2) is 24.1. The molecular weight excluding hydrogens is 997 g/mol. The number of aromatic amines is 1. The molecule has 0 aliphatic carbocycles. The summed E-state index contributed by atoms with van der Waals surface area (Å²) in [6.07, 6.45) is 0.971. The minimum atomic E-state index is -1.43. The topological polar surface area (TPSA) is 185 Å². The molecule has 2 N–H and O–H groups in total. The Morgan fingerprint density at radius 3 is 2.08 bits per heavy atom. The van der Waals surface area contributed by atoms with Gasteiger partial charge in [-0.2, -0.15) is 0 Å². The van der Waals surface area contributed by atoms with Crippen molar-refractivity contribution in [1.82, 2.24) is 25.1 Å². The number of alkyl carbamates (subject to hydrolysis) is 1. The first-order chi connectivity index (χ1) is 36.4. The van der Waals surface area contributed by atoms with Crippen molar-refractivity contribution in [3.05, 3.63) is 88.7 Å². The predicted octanol–water partition coefficient (Wildman–Crippen LogP) is 8.06. The Morgan fingerprint density at radius 1 is 0.789 bits per heavy atom. The van der Waals surface area contributed by atoms with Crippen LogP contribution in [0.15, 0.2) is 54.6 Å². The number of ether oxygens (including phenoxy) is 5. The number of amides is 3. The minimum Gasteiger partial charge on any atom is -0.469 e. The summed E-state index contributed by atoms with van der Waals surface area (Å²) in [6.45, 7) is 10.5. The van der Waals surface area contributed by atoms with Gasteiger partial charge in [0.1, 0.15) is 17.6 Å². The van der Waals surface area contributed by atoms with Gasteiger partial charge in [-0.1, -0.05) is 43.4 Å². The number of nitrogens with one attached hydrogen (secondary N) is 2. The van der Waals surface area contributed by atoms with Crippen molar-refractivity contribution >= 4 is 60.1 Å². The van der Waals surface area contributed by atoms with Gasteiger partial charge in [-0.25, -0.2) is 18.6 Å². The number of nitrogens with zero attached hydrogens (tertiary/aromatic N) is 5. The average Bonchev–Trinajstić information content (AvgIpc) is 4.27. The second-order valence-corrected chi connectivity index (χ2v) is 27.2. The van der Waals surface area contributed by atoms with Crippen LogP contribution in [-0.4, -0.2) is 150 Å². The monoisotopic (exact) mass is 1070 g/mol. The van der Waals surface area contributed by atoms with E-state index in [-0.39, 0.29) is 54.1 Å². The van der Waals surface area contributed by atoms with Crippen molar-refractivity contribution in [2.45, 2.75) is 126 Å². The molecule has 412 valence electrons. The molecule has 17 nitrogen and oxygen atoms in total. The van der Waals surface area contributed by atoms with E-state index in [0.717, 1.165) is 34.3 Å². The lowest BCUT2D eigenvalue weighted by Crippen LogP contribution is -2.54.